The topological polar surface area (TPSA) is 108 Å². The molecule has 0 atom stereocenters. The first-order valence-electron chi connectivity index (χ1n) is 9.27. The number of hydrogen-bond donors (Lipinski definition) is 4. The lowest BCUT2D eigenvalue weighted by atomic mass is 9.99. The number of anilines is 1. The van der Waals surface area contributed by atoms with Crippen molar-refractivity contribution in [1.82, 2.24) is 15.5 Å². The average molecular weight is 364 g/mol. The van der Waals surface area contributed by atoms with E-state index in [1.165, 1.54) is 0 Å². The Kier molecular flexibility index (Phi) is 10.3. The molecule has 26 heavy (non-hydrogen) atoms. The molecule has 7 heteroatoms. The van der Waals surface area contributed by atoms with Gasteiger partial charge in [-0.1, -0.05) is 13.8 Å². The number of nitrogens with two attached hydrogens (primary N) is 1. The van der Waals surface area contributed by atoms with Crippen molar-refractivity contribution in [3.05, 3.63) is 29.8 Å². The fourth-order valence-corrected chi connectivity index (χ4v) is 2.67. The second kappa shape index (κ2) is 12.3. The Balaban J connectivity index is 0.000000314. The standard InChI is InChI=1S/C13H21N3O.C6H11NO2/c1-3-16(4-2)10-9-15-13(17)11-5-7-12(14)8-6-11;8-6(9)5-1-3-7-4-2-5/h5-8H,3-4,9-10,14H2,1-2H3,(H,15,17);5,7H,1-4H2,(H,8,9). The van der Waals surface area contributed by atoms with Crippen LogP contribution in [0.1, 0.15) is 37.0 Å². The first-order chi connectivity index (χ1) is 12.5. The van der Waals surface area contributed by atoms with E-state index in [0.29, 0.717) is 17.8 Å². The summed E-state index contributed by atoms with van der Waals surface area (Å²) in [5.74, 6) is -0.778. The number of rotatable bonds is 7. The van der Waals surface area contributed by atoms with Crippen LogP contribution in [0.4, 0.5) is 5.69 Å². The van der Waals surface area contributed by atoms with Crippen LogP contribution < -0.4 is 16.4 Å². The summed E-state index contributed by atoms with van der Waals surface area (Å²) in [6.45, 7) is 9.52. The molecule has 2 rings (SSSR count). The number of piperidine rings is 1. The third kappa shape index (κ3) is 8.31. The number of carboxylic acids is 1. The van der Waals surface area contributed by atoms with Crippen LogP contribution in [0.3, 0.4) is 0 Å². The maximum absolute atomic E-state index is 11.7. The minimum Gasteiger partial charge on any atom is -0.481 e. The lowest BCUT2D eigenvalue weighted by Gasteiger charge is -2.17. The number of hydrogen-bond acceptors (Lipinski definition) is 5. The van der Waals surface area contributed by atoms with E-state index in [1.807, 2.05) is 0 Å². The average Bonchev–Trinajstić information content (AvgIpc) is 2.67. The molecule has 0 radical (unpaired) electrons. The second-order valence-electron chi connectivity index (χ2n) is 6.27. The highest BCUT2D eigenvalue weighted by Gasteiger charge is 2.19. The van der Waals surface area contributed by atoms with Gasteiger partial charge in [0, 0.05) is 24.3 Å². The predicted molar refractivity (Wildman–Crippen MR) is 104 cm³/mol. The van der Waals surface area contributed by atoms with E-state index < -0.39 is 5.97 Å². The van der Waals surface area contributed by atoms with Crippen LogP contribution >= 0.6 is 0 Å². The van der Waals surface area contributed by atoms with Crippen molar-refractivity contribution in [3.63, 3.8) is 0 Å². The number of nitrogens with zero attached hydrogens (tertiary/aromatic N) is 1. The molecule has 1 aliphatic rings. The first-order valence-corrected chi connectivity index (χ1v) is 9.27. The Morgan fingerprint density at radius 3 is 2.23 bits per heavy atom. The van der Waals surface area contributed by atoms with Crippen LogP contribution in [-0.4, -0.2) is 61.2 Å². The summed E-state index contributed by atoms with van der Waals surface area (Å²) in [6, 6.07) is 6.95. The van der Waals surface area contributed by atoms with Crippen LogP contribution in [0.5, 0.6) is 0 Å². The SMILES string of the molecule is CCN(CC)CCNC(=O)c1ccc(N)cc1.O=C(O)C1CCNCC1. The fraction of sp³-hybridized carbons (Fsp3) is 0.579. The smallest absolute Gasteiger partial charge is 0.306 e. The number of carbonyl (C=O) groups excluding carboxylic acids is 1. The number of carboxylic acid groups (broad SMARTS) is 1. The molecule has 1 saturated heterocycles. The number of nitrogens with one attached hydrogen (secondary N) is 2. The summed E-state index contributed by atoms with van der Waals surface area (Å²) >= 11 is 0. The normalized spacial score (nSPS) is 14.4. The van der Waals surface area contributed by atoms with Crippen molar-refractivity contribution in [2.45, 2.75) is 26.7 Å². The minimum atomic E-state index is -0.642. The van der Waals surface area contributed by atoms with Gasteiger partial charge >= 0.3 is 5.97 Å². The number of amides is 1. The molecule has 1 fully saturated rings. The minimum absolute atomic E-state index is 0.0443. The Hall–Kier alpha value is -2.12. The molecule has 7 nitrogen and oxygen atoms in total. The number of carbonyl (C=O) groups is 2. The highest BCUT2D eigenvalue weighted by Crippen LogP contribution is 2.10. The fourth-order valence-electron chi connectivity index (χ4n) is 2.67. The summed E-state index contributed by atoms with van der Waals surface area (Å²) in [4.78, 5) is 24.3. The van der Waals surface area contributed by atoms with Crippen molar-refractivity contribution in [2.75, 3.05) is 45.0 Å². The predicted octanol–water partition coefficient (Wildman–Crippen LogP) is 1.41. The van der Waals surface area contributed by atoms with E-state index in [4.69, 9.17) is 10.8 Å². The maximum atomic E-state index is 11.7. The molecule has 0 saturated carbocycles. The molecule has 146 valence electrons. The van der Waals surface area contributed by atoms with Gasteiger partial charge in [-0.05, 0) is 63.3 Å². The first kappa shape index (κ1) is 21.9. The van der Waals surface area contributed by atoms with Gasteiger partial charge in [0.1, 0.15) is 0 Å². The maximum Gasteiger partial charge on any atom is 0.306 e. The van der Waals surface area contributed by atoms with Crippen LogP contribution in [0.2, 0.25) is 0 Å². The van der Waals surface area contributed by atoms with Gasteiger partial charge in [0.2, 0.25) is 0 Å². The largest absolute Gasteiger partial charge is 0.481 e. The third-order valence-corrected chi connectivity index (χ3v) is 4.47. The van der Waals surface area contributed by atoms with Gasteiger partial charge in [0.05, 0.1) is 5.92 Å². The second-order valence-corrected chi connectivity index (χ2v) is 6.27. The van der Waals surface area contributed by atoms with Gasteiger partial charge in [-0.3, -0.25) is 9.59 Å². The Morgan fingerprint density at radius 2 is 1.77 bits per heavy atom. The molecular formula is C19H32N4O3. The third-order valence-electron chi connectivity index (χ3n) is 4.47. The van der Waals surface area contributed by atoms with Crippen molar-refractivity contribution in [1.29, 1.82) is 0 Å². The molecule has 1 aliphatic heterocycles. The van der Waals surface area contributed by atoms with Gasteiger partial charge in [0.15, 0.2) is 0 Å². The number of nitrogen functional groups attached to an aromatic ring is 1. The quantitative estimate of drug-likeness (QED) is 0.545. The molecule has 1 amide bonds. The van der Waals surface area contributed by atoms with E-state index in [2.05, 4.69) is 29.4 Å². The van der Waals surface area contributed by atoms with Crippen LogP contribution in [0.25, 0.3) is 0 Å². The van der Waals surface area contributed by atoms with Gasteiger partial charge in [0.25, 0.3) is 5.91 Å². The summed E-state index contributed by atoms with van der Waals surface area (Å²) in [6.07, 6.45) is 1.57. The Labute approximate surface area is 155 Å². The number of benzene rings is 1. The molecule has 5 N–H and O–H groups in total. The van der Waals surface area contributed by atoms with Crippen LogP contribution in [0.15, 0.2) is 24.3 Å². The summed E-state index contributed by atoms with van der Waals surface area (Å²) in [5.41, 5.74) is 6.89. The number of aliphatic carboxylic acids is 1. The lowest BCUT2D eigenvalue weighted by Crippen LogP contribution is -2.34. The van der Waals surface area contributed by atoms with Crippen molar-refractivity contribution in [3.8, 4) is 0 Å². The molecule has 0 spiro atoms. The van der Waals surface area contributed by atoms with Gasteiger partial charge in [-0.25, -0.2) is 0 Å². The summed E-state index contributed by atoms with van der Waals surface area (Å²) in [7, 11) is 0. The molecular weight excluding hydrogens is 332 g/mol. The van der Waals surface area contributed by atoms with Crippen LogP contribution in [-0.2, 0) is 4.79 Å². The van der Waals surface area contributed by atoms with Gasteiger partial charge in [-0.15, -0.1) is 0 Å². The van der Waals surface area contributed by atoms with E-state index in [1.54, 1.807) is 24.3 Å². The van der Waals surface area contributed by atoms with Gasteiger partial charge in [-0.2, -0.15) is 0 Å². The summed E-state index contributed by atoms with van der Waals surface area (Å²) < 4.78 is 0. The zero-order valence-electron chi connectivity index (χ0n) is 15.8. The van der Waals surface area contributed by atoms with E-state index >= 15 is 0 Å². The van der Waals surface area contributed by atoms with Crippen molar-refractivity contribution in [2.24, 2.45) is 5.92 Å². The van der Waals surface area contributed by atoms with Crippen molar-refractivity contribution < 1.29 is 14.7 Å². The zero-order chi connectivity index (χ0) is 19.4. The Morgan fingerprint density at radius 1 is 1.19 bits per heavy atom. The molecule has 0 aliphatic carbocycles. The summed E-state index contributed by atoms with van der Waals surface area (Å²) in [5, 5.41) is 14.5. The molecule has 0 aromatic heterocycles. The van der Waals surface area contributed by atoms with Crippen molar-refractivity contribution >= 4 is 17.6 Å². The monoisotopic (exact) mass is 364 g/mol. The number of likely N-dealkylation sites (N-methyl/N-ethyl adjacent to an activating group) is 1. The van der Waals surface area contributed by atoms with E-state index in [0.717, 1.165) is 45.6 Å². The van der Waals surface area contributed by atoms with E-state index in [-0.39, 0.29) is 11.8 Å². The highest BCUT2D eigenvalue weighted by molar-refractivity contribution is 5.94. The molecule has 1 aromatic carbocycles. The Bertz CT molecular complexity index is 538. The molecule has 1 heterocycles. The zero-order valence-corrected chi connectivity index (χ0v) is 15.8. The van der Waals surface area contributed by atoms with Crippen LogP contribution in [0, 0.1) is 5.92 Å². The van der Waals surface area contributed by atoms with E-state index in [9.17, 15) is 9.59 Å². The molecule has 0 unspecified atom stereocenters. The molecule has 0 bridgehead atoms. The molecule has 1 aromatic rings. The lowest BCUT2D eigenvalue weighted by molar-refractivity contribution is -0.142. The van der Waals surface area contributed by atoms with Gasteiger partial charge < -0.3 is 26.4 Å². The highest BCUT2D eigenvalue weighted by atomic mass is 16.4.